The summed E-state index contributed by atoms with van der Waals surface area (Å²) in [6, 6.07) is 4.21. The number of sulfonamides is 1. The number of aromatic carboxylic acids is 1. The van der Waals surface area contributed by atoms with Gasteiger partial charge in [-0.2, -0.15) is 0 Å². The summed E-state index contributed by atoms with van der Waals surface area (Å²) in [4.78, 5) is 11.2. The normalized spacial score (nSPS) is 16.2. The maximum Gasteiger partial charge on any atom is 0.337 e. The van der Waals surface area contributed by atoms with Gasteiger partial charge in [-0.1, -0.05) is 12.8 Å². The number of carbonyl (C=O) groups is 1. The third-order valence-electron chi connectivity index (χ3n) is 3.70. The first kappa shape index (κ1) is 14.6. The van der Waals surface area contributed by atoms with E-state index < -0.39 is 21.2 Å². The van der Waals surface area contributed by atoms with Gasteiger partial charge in [0.2, 0.25) is 10.0 Å². The molecular formula is C13H18N2O4S. The van der Waals surface area contributed by atoms with Gasteiger partial charge in [-0.25, -0.2) is 13.2 Å². The second-order valence-electron chi connectivity index (χ2n) is 5.00. The average molecular weight is 298 g/mol. The van der Waals surface area contributed by atoms with E-state index >= 15 is 0 Å². The van der Waals surface area contributed by atoms with Crippen LogP contribution in [0.5, 0.6) is 0 Å². The number of nitrogen functional groups attached to an aromatic ring is 1. The molecule has 0 saturated heterocycles. The van der Waals surface area contributed by atoms with E-state index in [1.807, 2.05) is 0 Å². The topological polar surface area (TPSA) is 101 Å². The minimum absolute atomic E-state index is 0.103. The summed E-state index contributed by atoms with van der Waals surface area (Å²) in [7, 11) is -2.14. The summed E-state index contributed by atoms with van der Waals surface area (Å²) in [6.07, 6.45) is 3.05. The third-order valence-corrected chi connectivity index (χ3v) is 5.97. The largest absolute Gasteiger partial charge is 0.478 e. The standard InChI is InChI=1S/C13H18N2O4S/c1-15(20(18,19)10-4-2-3-5-10)12-7-6-9(14)8-11(12)13(16)17/h6-8,10H,2-5,14H2,1H3,(H,16,17). The molecule has 0 heterocycles. The molecule has 1 aliphatic rings. The SMILES string of the molecule is CN(c1ccc(N)cc1C(=O)O)S(=O)(=O)C1CCCC1. The fourth-order valence-electron chi connectivity index (χ4n) is 2.55. The number of carboxylic acid groups (broad SMARTS) is 1. The van der Waals surface area contributed by atoms with Crippen LogP contribution in [0.25, 0.3) is 0 Å². The van der Waals surface area contributed by atoms with Gasteiger partial charge >= 0.3 is 5.97 Å². The van der Waals surface area contributed by atoms with Crippen LogP contribution in [0.3, 0.4) is 0 Å². The monoisotopic (exact) mass is 298 g/mol. The second-order valence-corrected chi connectivity index (χ2v) is 7.24. The Balaban J connectivity index is 2.43. The summed E-state index contributed by atoms with van der Waals surface area (Å²) < 4.78 is 26.1. The first-order chi connectivity index (χ1) is 9.34. The highest BCUT2D eigenvalue weighted by molar-refractivity contribution is 7.93. The minimum Gasteiger partial charge on any atom is -0.478 e. The van der Waals surface area contributed by atoms with Crippen LogP contribution >= 0.6 is 0 Å². The molecule has 0 spiro atoms. The van der Waals surface area contributed by atoms with Crippen molar-refractivity contribution in [2.24, 2.45) is 0 Å². The highest BCUT2D eigenvalue weighted by Crippen LogP contribution is 2.31. The van der Waals surface area contributed by atoms with E-state index in [1.165, 1.54) is 25.2 Å². The molecule has 0 bridgehead atoms. The molecule has 1 fully saturated rings. The van der Waals surface area contributed by atoms with Crippen LogP contribution in [-0.4, -0.2) is 31.8 Å². The molecule has 1 aliphatic carbocycles. The van der Waals surface area contributed by atoms with Crippen LogP contribution in [0.1, 0.15) is 36.0 Å². The Bertz CT molecular complexity index is 621. The Morgan fingerprint density at radius 3 is 2.50 bits per heavy atom. The lowest BCUT2D eigenvalue weighted by atomic mass is 10.1. The van der Waals surface area contributed by atoms with E-state index in [2.05, 4.69) is 0 Å². The van der Waals surface area contributed by atoms with Crippen molar-refractivity contribution < 1.29 is 18.3 Å². The number of hydrogen-bond donors (Lipinski definition) is 2. The maximum atomic E-state index is 12.5. The lowest BCUT2D eigenvalue weighted by Gasteiger charge is -2.24. The first-order valence-electron chi connectivity index (χ1n) is 6.44. The molecule has 0 atom stereocenters. The quantitative estimate of drug-likeness (QED) is 0.824. The lowest BCUT2D eigenvalue weighted by Crippen LogP contribution is -2.35. The van der Waals surface area contributed by atoms with Crippen molar-refractivity contribution in [1.29, 1.82) is 0 Å². The van der Waals surface area contributed by atoms with Gasteiger partial charge in [-0.15, -0.1) is 0 Å². The van der Waals surface area contributed by atoms with Crippen LogP contribution < -0.4 is 10.0 Å². The van der Waals surface area contributed by atoms with Crippen LogP contribution in [0, 0.1) is 0 Å². The number of benzene rings is 1. The summed E-state index contributed by atoms with van der Waals surface area (Å²) in [5.41, 5.74) is 5.90. The summed E-state index contributed by atoms with van der Waals surface area (Å²) in [5.74, 6) is -1.19. The van der Waals surface area contributed by atoms with Gasteiger partial charge in [-0.05, 0) is 31.0 Å². The molecule has 1 saturated carbocycles. The van der Waals surface area contributed by atoms with Crippen LogP contribution in [0.4, 0.5) is 11.4 Å². The van der Waals surface area contributed by atoms with E-state index in [0.29, 0.717) is 12.8 Å². The Morgan fingerprint density at radius 2 is 1.95 bits per heavy atom. The molecule has 0 unspecified atom stereocenters. The van der Waals surface area contributed by atoms with Crippen molar-refractivity contribution in [3.63, 3.8) is 0 Å². The number of rotatable bonds is 4. The van der Waals surface area contributed by atoms with Gasteiger partial charge in [0.05, 0.1) is 16.5 Å². The Kier molecular flexibility index (Phi) is 3.89. The highest BCUT2D eigenvalue weighted by Gasteiger charge is 2.33. The minimum atomic E-state index is -3.53. The molecule has 0 amide bonds. The second kappa shape index (κ2) is 5.32. The number of nitrogens with two attached hydrogens (primary N) is 1. The molecule has 110 valence electrons. The smallest absolute Gasteiger partial charge is 0.337 e. The molecule has 3 N–H and O–H groups in total. The van der Waals surface area contributed by atoms with Crippen LogP contribution in [-0.2, 0) is 10.0 Å². The van der Waals surface area contributed by atoms with Crippen molar-refractivity contribution in [1.82, 2.24) is 0 Å². The van der Waals surface area contributed by atoms with Crippen molar-refractivity contribution in [3.8, 4) is 0 Å². The average Bonchev–Trinajstić information content (AvgIpc) is 2.92. The van der Waals surface area contributed by atoms with Gasteiger partial charge < -0.3 is 10.8 Å². The maximum absolute atomic E-state index is 12.5. The van der Waals surface area contributed by atoms with E-state index in [1.54, 1.807) is 0 Å². The number of anilines is 2. The van der Waals surface area contributed by atoms with Gasteiger partial charge in [-0.3, -0.25) is 4.31 Å². The predicted octanol–water partition coefficient (Wildman–Crippen LogP) is 1.68. The van der Waals surface area contributed by atoms with E-state index in [-0.39, 0.29) is 16.9 Å². The Labute approximate surface area is 118 Å². The van der Waals surface area contributed by atoms with Gasteiger partial charge in [0.1, 0.15) is 0 Å². The fourth-order valence-corrected chi connectivity index (χ4v) is 4.36. The van der Waals surface area contributed by atoms with E-state index in [9.17, 15) is 18.3 Å². The highest BCUT2D eigenvalue weighted by atomic mass is 32.2. The molecule has 20 heavy (non-hydrogen) atoms. The molecule has 1 aromatic carbocycles. The molecule has 2 rings (SSSR count). The summed E-state index contributed by atoms with van der Waals surface area (Å²) >= 11 is 0. The summed E-state index contributed by atoms with van der Waals surface area (Å²) in [5, 5.41) is 8.77. The van der Waals surface area contributed by atoms with E-state index in [4.69, 9.17) is 5.73 Å². The lowest BCUT2D eigenvalue weighted by molar-refractivity contribution is 0.0698. The molecule has 7 heteroatoms. The van der Waals surface area contributed by atoms with E-state index in [0.717, 1.165) is 17.1 Å². The predicted molar refractivity (Wildman–Crippen MR) is 77.4 cm³/mol. The van der Waals surface area contributed by atoms with Crippen LogP contribution in [0.15, 0.2) is 18.2 Å². The Morgan fingerprint density at radius 1 is 1.35 bits per heavy atom. The molecule has 1 aromatic rings. The Hall–Kier alpha value is -1.76. The first-order valence-corrected chi connectivity index (χ1v) is 7.95. The number of nitrogens with zero attached hydrogens (tertiary/aromatic N) is 1. The number of hydrogen-bond acceptors (Lipinski definition) is 4. The molecule has 0 radical (unpaired) electrons. The number of carboxylic acids is 1. The molecule has 6 nitrogen and oxygen atoms in total. The van der Waals surface area contributed by atoms with Crippen molar-refractivity contribution in [2.75, 3.05) is 17.1 Å². The van der Waals surface area contributed by atoms with Crippen molar-refractivity contribution in [2.45, 2.75) is 30.9 Å². The zero-order valence-electron chi connectivity index (χ0n) is 11.2. The van der Waals surface area contributed by atoms with Gasteiger partial charge in [0.15, 0.2) is 0 Å². The van der Waals surface area contributed by atoms with Gasteiger partial charge in [0, 0.05) is 12.7 Å². The fraction of sp³-hybridized carbons (Fsp3) is 0.462. The molecular weight excluding hydrogens is 280 g/mol. The van der Waals surface area contributed by atoms with Crippen LogP contribution in [0.2, 0.25) is 0 Å². The zero-order valence-corrected chi connectivity index (χ0v) is 12.1. The zero-order chi connectivity index (χ0) is 14.9. The van der Waals surface area contributed by atoms with Crippen molar-refractivity contribution in [3.05, 3.63) is 23.8 Å². The van der Waals surface area contributed by atoms with Gasteiger partial charge in [0.25, 0.3) is 0 Å². The third kappa shape index (κ3) is 2.58. The van der Waals surface area contributed by atoms with Crippen molar-refractivity contribution >= 4 is 27.4 Å². The summed E-state index contributed by atoms with van der Waals surface area (Å²) in [6.45, 7) is 0. The molecule has 0 aliphatic heterocycles. The molecule has 0 aromatic heterocycles.